The van der Waals surface area contributed by atoms with E-state index in [9.17, 15) is 0 Å². The summed E-state index contributed by atoms with van der Waals surface area (Å²) < 4.78 is 11.6. The normalized spacial score (nSPS) is 10.3. The first kappa shape index (κ1) is 10.4. The maximum atomic E-state index is 5.40. The summed E-state index contributed by atoms with van der Waals surface area (Å²) in [5, 5.41) is 0. The van der Waals surface area contributed by atoms with Crippen LogP contribution in [0, 0.1) is 3.57 Å². The van der Waals surface area contributed by atoms with Crippen molar-refractivity contribution in [3.05, 3.63) is 39.8 Å². The monoisotopic (exact) mass is 316 g/mol. The van der Waals surface area contributed by atoms with Gasteiger partial charge in [-0.25, -0.2) is 0 Å². The highest BCUT2D eigenvalue weighted by atomic mass is 127. The average molecular weight is 316 g/mol. The Hall–Kier alpha value is -1.08. The molecule has 1 heterocycles. The highest BCUT2D eigenvalue weighted by molar-refractivity contribution is 14.1. The van der Waals surface area contributed by atoms with Crippen LogP contribution >= 0.6 is 22.6 Å². The molecule has 4 nitrogen and oxygen atoms in total. The van der Waals surface area contributed by atoms with Crippen LogP contribution in [0.15, 0.2) is 34.9 Å². The molecule has 0 aliphatic heterocycles. The maximum absolute atomic E-state index is 5.40. The molecule has 15 heavy (non-hydrogen) atoms. The van der Waals surface area contributed by atoms with Crippen LogP contribution in [-0.2, 0) is 6.54 Å². The lowest BCUT2D eigenvalue weighted by Crippen LogP contribution is -1.95. The fourth-order valence-electron chi connectivity index (χ4n) is 1.06. The lowest BCUT2D eigenvalue weighted by molar-refractivity contribution is 0.330. The van der Waals surface area contributed by atoms with Gasteiger partial charge in [-0.15, -0.1) is 0 Å². The minimum Gasteiger partial charge on any atom is -0.417 e. The van der Waals surface area contributed by atoms with Gasteiger partial charge in [-0.3, -0.25) is 0 Å². The molecule has 0 spiro atoms. The van der Waals surface area contributed by atoms with Crippen LogP contribution in [0.5, 0.6) is 11.8 Å². The molecule has 1 aromatic carbocycles. The molecular weight excluding hydrogens is 307 g/mol. The van der Waals surface area contributed by atoms with Crippen molar-refractivity contribution in [3.8, 4) is 11.8 Å². The second-order valence-corrected chi connectivity index (χ2v) is 4.11. The first-order chi connectivity index (χ1) is 7.28. The van der Waals surface area contributed by atoms with Gasteiger partial charge in [0.05, 0.1) is 5.69 Å². The van der Waals surface area contributed by atoms with Gasteiger partial charge in [0.2, 0.25) is 0 Å². The second kappa shape index (κ2) is 4.63. The number of halogens is 1. The Labute approximate surface area is 101 Å². The van der Waals surface area contributed by atoms with Gasteiger partial charge in [-0.2, -0.15) is 4.98 Å². The molecule has 0 saturated carbocycles. The Morgan fingerprint density at radius 3 is 3.00 bits per heavy atom. The van der Waals surface area contributed by atoms with Crippen LogP contribution in [0.3, 0.4) is 0 Å². The van der Waals surface area contributed by atoms with E-state index in [-0.39, 0.29) is 6.08 Å². The predicted molar refractivity (Wildman–Crippen MR) is 63.6 cm³/mol. The van der Waals surface area contributed by atoms with E-state index in [1.807, 2.05) is 24.3 Å². The van der Waals surface area contributed by atoms with E-state index in [2.05, 4.69) is 27.6 Å². The number of aromatic nitrogens is 1. The minimum absolute atomic E-state index is 0.220. The van der Waals surface area contributed by atoms with E-state index in [0.717, 1.165) is 3.57 Å². The summed E-state index contributed by atoms with van der Waals surface area (Å²) in [5.74, 6) is 0.701. The number of nitrogens with zero attached hydrogens (tertiary/aromatic N) is 1. The summed E-state index contributed by atoms with van der Waals surface area (Å²) in [6, 6.07) is 7.62. The largest absolute Gasteiger partial charge is 0.417 e. The van der Waals surface area contributed by atoms with Gasteiger partial charge in [0.25, 0.3) is 0 Å². The summed E-state index contributed by atoms with van der Waals surface area (Å²) in [6.07, 6.45) is 1.71. The summed E-state index contributed by atoms with van der Waals surface area (Å²) in [7, 11) is 0. The number of oxazole rings is 1. The molecule has 78 valence electrons. The van der Waals surface area contributed by atoms with E-state index in [4.69, 9.17) is 14.9 Å². The molecule has 2 rings (SSSR count). The Bertz CT molecular complexity index is 456. The molecule has 0 radical (unpaired) electrons. The van der Waals surface area contributed by atoms with Crippen molar-refractivity contribution in [2.45, 2.75) is 6.54 Å². The summed E-state index contributed by atoms with van der Waals surface area (Å²) in [6.45, 7) is 0.346. The third kappa shape index (κ3) is 2.69. The van der Waals surface area contributed by atoms with Crippen molar-refractivity contribution in [2.75, 3.05) is 0 Å². The van der Waals surface area contributed by atoms with Gasteiger partial charge in [0, 0.05) is 10.1 Å². The quantitative estimate of drug-likeness (QED) is 0.884. The lowest BCUT2D eigenvalue weighted by Gasteiger charge is -1.99. The third-order valence-corrected chi connectivity index (χ3v) is 2.41. The Morgan fingerprint density at radius 1 is 1.47 bits per heavy atom. The van der Waals surface area contributed by atoms with E-state index < -0.39 is 0 Å². The average Bonchev–Trinajstić information content (AvgIpc) is 2.65. The van der Waals surface area contributed by atoms with E-state index >= 15 is 0 Å². The first-order valence-corrected chi connectivity index (χ1v) is 5.43. The van der Waals surface area contributed by atoms with Crippen molar-refractivity contribution in [2.24, 2.45) is 5.73 Å². The molecule has 2 aromatic rings. The minimum atomic E-state index is 0.220. The van der Waals surface area contributed by atoms with Crippen molar-refractivity contribution >= 4 is 22.6 Å². The molecule has 0 amide bonds. The van der Waals surface area contributed by atoms with E-state index in [1.165, 1.54) is 6.26 Å². The number of benzene rings is 1. The molecule has 0 atom stereocenters. The Morgan fingerprint density at radius 2 is 2.33 bits per heavy atom. The van der Waals surface area contributed by atoms with Crippen molar-refractivity contribution in [1.82, 2.24) is 4.98 Å². The van der Waals surface area contributed by atoms with Gasteiger partial charge < -0.3 is 14.9 Å². The van der Waals surface area contributed by atoms with Crippen molar-refractivity contribution < 1.29 is 9.15 Å². The number of hydrogen-bond donors (Lipinski definition) is 1. The molecule has 0 aliphatic carbocycles. The van der Waals surface area contributed by atoms with Crippen LogP contribution in [-0.4, -0.2) is 4.98 Å². The van der Waals surface area contributed by atoms with Crippen LogP contribution in [0.1, 0.15) is 5.69 Å². The fourth-order valence-corrected chi connectivity index (χ4v) is 1.57. The summed E-state index contributed by atoms with van der Waals surface area (Å²) in [4.78, 5) is 4.04. The van der Waals surface area contributed by atoms with Crippen LogP contribution in [0.4, 0.5) is 0 Å². The topological polar surface area (TPSA) is 61.3 Å². The molecule has 0 unspecified atom stereocenters. The molecule has 0 aliphatic rings. The zero-order valence-electron chi connectivity index (χ0n) is 7.81. The third-order valence-electron chi connectivity index (χ3n) is 1.74. The van der Waals surface area contributed by atoms with Gasteiger partial charge in [0.15, 0.2) is 0 Å². The van der Waals surface area contributed by atoms with Crippen LogP contribution in [0.2, 0.25) is 0 Å². The Kier molecular flexibility index (Phi) is 3.22. The highest BCUT2D eigenvalue weighted by Crippen LogP contribution is 2.21. The smallest absolute Gasteiger partial charge is 0.399 e. The number of ether oxygens (including phenoxy) is 1. The van der Waals surface area contributed by atoms with Gasteiger partial charge in [-0.1, -0.05) is 6.07 Å². The predicted octanol–water partition coefficient (Wildman–Crippen LogP) is 2.53. The zero-order valence-corrected chi connectivity index (χ0v) is 9.97. The summed E-state index contributed by atoms with van der Waals surface area (Å²) >= 11 is 2.21. The molecule has 2 N–H and O–H groups in total. The molecule has 0 saturated heterocycles. The fraction of sp³-hybridized carbons (Fsp3) is 0.100. The van der Waals surface area contributed by atoms with E-state index in [1.54, 1.807) is 0 Å². The van der Waals surface area contributed by atoms with Gasteiger partial charge in [-0.05, 0) is 40.8 Å². The zero-order chi connectivity index (χ0) is 10.7. The maximum Gasteiger partial charge on any atom is 0.399 e. The Balaban J connectivity index is 2.14. The first-order valence-electron chi connectivity index (χ1n) is 4.36. The van der Waals surface area contributed by atoms with Crippen LogP contribution < -0.4 is 10.5 Å². The number of rotatable bonds is 3. The molecule has 0 bridgehead atoms. The highest BCUT2D eigenvalue weighted by Gasteiger charge is 2.04. The van der Waals surface area contributed by atoms with E-state index in [0.29, 0.717) is 18.0 Å². The van der Waals surface area contributed by atoms with Crippen molar-refractivity contribution in [3.63, 3.8) is 0 Å². The molecular formula is C10H9IN2O2. The SMILES string of the molecule is NCc1coc(Oc2cccc(I)c2)n1. The molecule has 1 aromatic heterocycles. The lowest BCUT2D eigenvalue weighted by atomic mass is 10.3. The second-order valence-electron chi connectivity index (χ2n) is 2.87. The van der Waals surface area contributed by atoms with Gasteiger partial charge >= 0.3 is 6.08 Å². The van der Waals surface area contributed by atoms with Gasteiger partial charge in [0.1, 0.15) is 12.0 Å². The number of hydrogen-bond acceptors (Lipinski definition) is 4. The number of nitrogens with two attached hydrogens (primary N) is 1. The van der Waals surface area contributed by atoms with Crippen molar-refractivity contribution in [1.29, 1.82) is 0 Å². The standard InChI is InChI=1S/C10H9IN2O2/c11-7-2-1-3-9(4-7)15-10-13-8(5-12)6-14-10/h1-4,6H,5,12H2. The molecule has 0 fully saturated rings. The summed E-state index contributed by atoms with van der Waals surface area (Å²) in [5.41, 5.74) is 6.08. The molecule has 5 heteroatoms. The van der Waals surface area contributed by atoms with Crippen LogP contribution in [0.25, 0.3) is 0 Å².